The van der Waals surface area contributed by atoms with Crippen molar-refractivity contribution in [3.63, 3.8) is 0 Å². The van der Waals surface area contributed by atoms with E-state index in [1.165, 1.54) is 0 Å². The van der Waals surface area contributed by atoms with Crippen molar-refractivity contribution in [3.05, 3.63) is 20.2 Å². The Kier molecular flexibility index (Phi) is 4.91. The molecule has 0 saturated carbocycles. The van der Waals surface area contributed by atoms with Gasteiger partial charge in [0, 0.05) is 9.85 Å². The van der Waals surface area contributed by atoms with Crippen LogP contribution in [-0.2, 0) is 0 Å². The van der Waals surface area contributed by atoms with Crippen LogP contribution in [0.25, 0.3) is 0 Å². The highest BCUT2D eigenvalue weighted by atomic mass is 16.6. The lowest BCUT2D eigenvalue weighted by molar-refractivity contribution is -0.524. The zero-order valence-electron chi connectivity index (χ0n) is 6.93. The molecule has 0 rings (SSSR count). The molecule has 0 aliphatic rings. The predicted molar refractivity (Wildman–Crippen MR) is 42.1 cm³/mol. The average Bonchev–Trinajstić information content (AvgIpc) is 1.84. The first-order valence-electron chi connectivity index (χ1n) is 3.79. The van der Waals surface area contributed by atoms with Crippen LogP contribution in [-0.4, -0.2) is 22.9 Å². The molecule has 0 aromatic carbocycles. The fourth-order valence-electron chi connectivity index (χ4n) is 1.07. The van der Waals surface area contributed by atoms with Gasteiger partial charge >= 0.3 is 0 Å². The van der Waals surface area contributed by atoms with E-state index in [9.17, 15) is 20.2 Å². The summed E-state index contributed by atoms with van der Waals surface area (Å²) >= 11 is 0. The Bertz CT molecular complexity index is 155. The van der Waals surface area contributed by atoms with Crippen molar-refractivity contribution in [2.75, 3.05) is 13.1 Å². The van der Waals surface area contributed by atoms with Gasteiger partial charge in [0.05, 0.1) is 5.92 Å². The average molecular weight is 176 g/mol. The van der Waals surface area contributed by atoms with Gasteiger partial charge in [-0.3, -0.25) is 20.2 Å². The van der Waals surface area contributed by atoms with E-state index >= 15 is 0 Å². The lowest BCUT2D eigenvalue weighted by atomic mass is 10.0. The maximum absolute atomic E-state index is 10.0. The number of rotatable bonds is 6. The summed E-state index contributed by atoms with van der Waals surface area (Å²) in [5, 5.41) is 20.1. The molecule has 0 aliphatic carbocycles. The van der Waals surface area contributed by atoms with Crippen molar-refractivity contribution < 1.29 is 9.85 Å². The van der Waals surface area contributed by atoms with Crippen LogP contribution in [0.1, 0.15) is 19.8 Å². The molecular formula is C6H12N2O4. The van der Waals surface area contributed by atoms with Crippen LogP contribution < -0.4 is 0 Å². The zero-order chi connectivity index (χ0) is 9.56. The number of hydrogen-bond acceptors (Lipinski definition) is 4. The molecule has 6 nitrogen and oxygen atoms in total. The summed E-state index contributed by atoms with van der Waals surface area (Å²) in [6.07, 6.45) is 1.29. The van der Waals surface area contributed by atoms with Crippen molar-refractivity contribution in [3.8, 4) is 0 Å². The molecule has 0 N–H and O–H groups in total. The third kappa shape index (κ3) is 5.57. The van der Waals surface area contributed by atoms with Crippen LogP contribution in [0, 0.1) is 26.1 Å². The van der Waals surface area contributed by atoms with Crippen molar-refractivity contribution in [1.29, 1.82) is 0 Å². The number of hydrogen-bond donors (Lipinski definition) is 0. The second kappa shape index (κ2) is 5.45. The highest BCUT2D eigenvalue weighted by Gasteiger charge is 2.19. The molecule has 0 unspecified atom stereocenters. The standard InChI is InChI=1S/C6H12N2O4/c1-2-3-6(4-7(9)10)5-8(11)12/h6H,2-5H2,1H3. The van der Waals surface area contributed by atoms with E-state index in [-0.39, 0.29) is 13.1 Å². The molecule has 70 valence electrons. The lowest BCUT2D eigenvalue weighted by Crippen LogP contribution is -2.22. The predicted octanol–water partition coefficient (Wildman–Crippen LogP) is 0.956. The molecule has 0 fully saturated rings. The van der Waals surface area contributed by atoms with E-state index < -0.39 is 15.8 Å². The van der Waals surface area contributed by atoms with Crippen molar-refractivity contribution in [1.82, 2.24) is 0 Å². The fourth-order valence-corrected chi connectivity index (χ4v) is 1.07. The van der Waals surface area contributed by atoms with E-state index in [2.05, 4.69) is 0 Å². The molecule has 0 saturated heterocycles. The highest BCUT2D eigenvalue weighted by molar-refractivity contribution is 4.54. The molecule has 0 bridgehead atoms. The first-order valence-corrected chi connectivity index (χ1v) is 3.79. The number of nitro groups is 2. The SMILES string of the molecule is CCCC(C[N+](=O)[O-])C[N+](=O)[O-]. The molecule has 0 aliphatic heterocycles. The van der Waals surface area contributed by atoms with Gasteiger partial charge in [0.25, 0.3) is 0 Å². The van der Waals surface area contributed by atoms with Crippen LogP contribution in [0.15, 0.2) is 0 Å². The molecular weight excluding hydrogens is 164 g/mol. The van der Waals surface area contributed by atoms with Crippen LogP contribution in [0.5, 0.6) is 0 Å². The fraction of sp³-hybridized carbons (Fsp3) is 1.00. The van der Waals surface area contributed by atoms with Gasteiger partial charge in [-0.05, 0) is 6.42 Å². The van der Waals surface area contributed by atoms with Gasteiger partial charge in [-0.2, -0.15) is 0 Å². The molecule has 6 heteroatoms. The van der Waals surface area contributed by atoms with Gasteiger partial charge in [0.15, 0.2) is 0 Å². The van der Waals surface area contributed by atoms with Crippen LogP contribution in [0.4, 0.5) is 0 Å². The first-order chi connectivity index (χ1) is 5.56. The monoisotopic (exact) mass is 176 g/mol. The van der Waals surface area contributed by atoms with E-state index in [4.69, 9.17) is 0 Å². The van der Waals surface area contributed by atoms with Gasteiger partial charge in [0.1, 0.15) is 0 Å². The quantitative estimate of drug-likeness (QED) is 0.445. The molecule has 0 aromatic heterocycles. The number of nitrogens with zero attached hydrogens (tertiary/aromatic N) is 2. The molecule has 0 heterocycles. The van der Waals surface area contributed by atoms with Crippen LogP contribution in [0.2, 0.25) is 0 Å². The maximum Gasteiger partial charge on any atom is 0.212 e. The Labute approximate surface area is 69.9 Å². The maximum atomic E-state index is 10.0. The second-order valence-electron chi connectivity index (χ2n) is 2.69. The van der Waals surface area contributed by atoms with Gasteiger partial charge in [-0.1, -0.05) is 13.3 Å². The molecule has 0 amide bonds. The van der Waals surface area contributed by atoms with E-state index in [0.717, 1.165) is 6.42 Å². The van der Waals surface area contributed by atoms with Crippen molar-refractivity contribution in [2.45, 2.75) is 19.8 Å². The molecule has 0 atom stereocenters. The summed E-state index contributed by atoms with van der Waals surface area (Å²) in [4.78, 5) is 19.1. The third-order valence-corrected chi connectivity index (χ3v) is 1.51. The van der Waals surface area contributed by atoms with Gasteiger partial charge < -0.3 is 0 Å². The third-order valence-electron chi connectivity index (χ3n) is 1.51. The lowest BCUT2D eigenvalue weighted by Gasteiger charge is -2.05. The molecule has 0 radical (unpaired) electrons. The van der Waals surface area contributed by atoms with E-state index in [1.54, 1.807) is 0 Å². The minimum Gasteiger partial charge on any atom is -0.265 e. The largest absolute Gasteiger partial charge is 0.265 e. The smallest absolute Gasteiger partial charge is 0.212 e. The summed E-state index contributed by atoms with van der Waals surface area (Å²) < 4.78 is 0. The second-order valence-corrected chi connectivity index (χ2v) is 2.69. The van der Waals surface area contributed by atoms with E-state index in [1.807, 2.05) is 6.92 Å². The summed E-state index contributed by atoms with van der Waals surface area (Å²) in [7, 11) is 0. The van der Waals surface area contributed by atoms with Crippen LogP contribution in [0.3, 0.4) is 0 Å². The normalized spacial score (nSPS) is 10.2. The first kappa shape index (κ1) is 10.8. The molecule has 0 aromatic rings. The minimum absolute atomic E-state index is 0.297. The highest BCUT2D eigenvalue weighted by Crippen LogP contribution is 2.06. The van der Waals surface area contributed by atoms with Gasteiger partial charge in [-0.15, -0.1) is 0 Å². The summed E-state index contributed by atoms with van der Waals surface area (Å²) in [6.45, 7) is 1.26. The molecule has 12 heavy (non-hydrogen) atoms. The Morgan fingerprint density at radius 3 is 1.83 bits per heavy atom. The Balaban J connectivity index is 3.85. The Morgan fingerprint density at radius 2 is 1.58 bits per heavy atom. The van der Waals surface area contributed by atoms with E-state index in [0.29, 0.717) is 6.42 Å². The van der Waals surface area contributed by atoms with Gasteiger partial charge in [-0.25, -0.2) is 0 Å². The summed E-state index contributed by atoms with van der Waals surface area (Å²) in [6, 6.07) is 0. The molecule has 0 spiro atoms. The summed E-state index contributed by atoms with van der Waals surface area (Å²) in [5.41, 5.74) is 0. The Morgan fingerprint density at radius 1 is 1.17 bits per heavy atom. The summed E-state index contributed by atoms with van der Waals surface area (Å²) in [5.74, 6) is -0.417. The van der Waals surface area contributed by atoms with Crippen molar-refractivity contribution >= 4 is 0 Å². The van der Waals surface area contributed by atoms with Gasteiger partial charge in [0.2, 0.25) is 13.1 Å². The van der Waals surface area contributed by atoms with Crippen molar-refractivity contribution in [2.24, 2.45) is 5.92 Å². The zero-order valence-corrected chi connectivity index (χ0v) is 6.93. The Hall–Kier alpha value is -1.20. The van der Waals surface area contributed by atoms with Crippen LogP contribution >= 0.6 is 0 Å². The minimum atomic E-state index is -0.496. The topological polar surface area (TPSA) is 86.3 Å².